The standard InChI is InChI=1S/C10H22N2O2/c1-11(2)5-7-13-9-10-14-8-6-12(3)4/h9-10H,5-8H2,1-4H3. The molecule has 4 heteroatoms. The minimum atomic E-state index is 0.695. The Morgan fingerprint density at radius 1 is 0.786 bits per heavy atom. The Hall–Kier alpha value is -0.740. The molecule has 0 saturated heterocycles. The lowest BCUT2D eigenvalue weighted by Crippen LogP contribution is -2.17. The molecule has 4 nitrogen and oxygen atoms in total. The van der Waals surface area contributed by atoms with Crippen molar-refractivity contribution < 1.29 is 9.47 Å². The highest BCUT2D eigenvalue weighted by atomic mass is 16.5. The van der Waals surface area contributed by atoms with Crippen LogP contribution in [0.15, 0.2) is 12.5 Å². The number of likely N-dealkylation sites (N-methyl/N-ethyl adjacent to an activating group) is 2. The molecule has 0 aliphatic carbocycles. The molecule has 0 bridgehead atoms. The summed E-state index contributed by atoms with van der Waals surface area (Å²) in [6, 6.07) is 0. The first-order valence-corrected chi connectivity index (χ1v) is 4.80. The molecule has 0 radical (unpaired) electrons. The predicted octanol–water partition coefficient (Wildman–Crippen LogP) is 0.614. The number of hydrogen-bond acceptors (Lipinski definition) is 4. The van der Waals surface area contributed by atoms with Gasteiger partial charge in [-0.1, -0.05) is 0 Å². The van der Waals surface area contributed by atoms with Crippen LogP contribution >= 0.6 is 0 Å². The molecule has 0 rings (SSSR count). The zero-order chi connectivity index (χ0) is 10.8. The van der Waals surface area contributed by atoms with Gasteiger partial charge in [-0.15, -0.1) is 0 Å². The van der Waals surface area contributed by atoms with Crippen LogP contribution in [0.3, 0.4) is 0 Å². The maximum absolute atomic E-state index is 5.19. The van der Waals surface area contributed by atoms with Crippen LogP contribution in [0.25, 0.3) is 0 Å². The van der Waals surface area contributed by atoms with Gasteiger partial charge < -0.3 is 19.3 Å². The van der Waals surface area contributed by atoms with E-state index in [0.717, 1.165) is 13.1 Å². The van der Waals surface area contributed by atoms with E-state index in [4.69, 9.17) is 9.47 Å². The summed E-state index contributed by atoms with van der Waals surface area (Å²) in [4.78, 5) is 4.14. The van der Waals surface area contributed by atoms with Crippen molar-refractivity contribution >= 4 is 0 Å². The van der Waals surface area contributed by atoms with Crippen molar-refractivity contribution in [2.45, 2.75) is 0 Å². The minimum absolute atomic E-state index is 0.695. The summed E-state index contributed by atoms with van der Waals surface area (Å²) in [7, 11) is 8.06. The molecule has 0 aromatic heterocycles. The number of nitrogens with zero attached hydrogens (tertiary/aromatic N) is 2. The van der Waals surface area contributed by atoms with Crippen LogP contribution in [0.2, 0.25) is 0 Å². The summed E-state index contributed by atoms with van der Waals surface area (Å²) < 4.78 is 10.4. The Bertz CT molecular complexity index is 131. The average Bonchev–Trinajstić information content (AvgIpc) is 2.08. The van der Waals surface area contributed by atoms with Crippen molar-refractivity contribution in [3.63, 3.8) is 0 Å². The van der Waals surface area contributed by atoms with Crippen molar-refractivity contribution in [3.8, 4) is 0 Å². The second-order valence-electron chi connectivity index (χ2n) is 3.62. The monoisotopic (exact) mass is 202 g/mol. The van der Waals surface area contributed by atoms with Crippen LogP contribution in [-0.2, 0) is 9.47 Å². The quantitative estimate of drug-likeness (QED) is 0.425. The van der Waals surface area contributed by atoms with E-state index in [9.17, 15) is 0 Å². The van der Waals surface area contributed by atoms with Crippen LogP contribution in [0, 0.1) is 0 Å². The van der Waals surface area contributed by atoms with Crippen LogP contribution in [-0.4, -0.2) is 64.3 Å². The number of hydrogen-bond donors (Lipinski definition) is 0. The lowest BCUT2D eigenvalue weighted by Gasteiger charge is -2.09. The van der Waals surface area contributed by atoms with E-state index < -0.39 is 0 Å². The van der Waals surface area contributed by atoms with Crippen LogP contribution in [0.5, 0.6) is 0 Å². The van der Waals surface area contributed by atoms with Crippen LogP contribution in [0.4, 0.5) is 0 Å². The van der Waals surface area contributed by atoms with Crippen molar-refractivity contribution in [2.75, 3.05) is 54.5 Å². The highest BCUT2D eigenvalue weighted by Crippen LogP contribution is 1.83. The van der Waals surface area contributed by atoms with Gasteiger partial charge in [-0.25, -0.2) is 0 Å². The summed E-state index contributed by atoms with van der Waals surface area (Å²) in [5, 5.41) is 0. The van der Waals surface area contributed by atoms with Crippen molar-refractivity contribution in [2.24, 2.45) is 0 Å². The first-order valence-electron chi connectivity index (χ1n) is 4.80. The van der Waals surface area contributed by atoms with E-state index >= 15 is 0 Å². The van der Waals surface area contributed by atoms with Crippen LogP contribution < -0.4 is 0 Å². The Labute approximate surface area is 87.1 Å². The van der Waals surface area contributed by atoms with Crippen molar-refractivity contribution in [3.05, 3.63) is 12.5 Å². The molecule has 0 heterocycles. The predicted molar refractivity (Wildman–Crippen MR) is 58.2 cm³/mol. The highest BCUT2D eigenvalue weighted by Gasteiger charge is 1.88. The first-order chi connectivity index (χ1) is 6.63. The van der Waals surface area contributed by atoms with E-state index in [2.05, 4.69) is 9.80 Å². The van der Waals surface area contributed by atoms with E-state index in [1.54, 1.807) is 12.5 Å². The third-order valence-electron chi connectivity index (χ3n) is 1.56. The maximum Gasteiger partial charge on any atom is 0.117 e. The van der Waals surface area contributed by atoms with Gasteiger partial charge in [-0.05, 0) is 28.2 Å². The molecule has 0 aliphatic heterocycles. The Balaban J connectivity index is 3.12. The molecule has 0 aromatic carbocycles. The van der Waals surface area contributed by atoms with Gasteiger partial charge >= 0.3 is 0 Å². The van der Waals surface area contributed by atoms with E-state index in [0.29, 0.717) is 13.2 Å². The summed E-state index contributed by atoms with van der Waals surface area (Å²) in [5.41, 5.74) is 0. The van der Waals surface area contributed by atoms with Gasteiger partial charge in [0.1, 0.15) is 25.7 Å². The molecule has 0 amide bonds. The molecule has 84 valence electrons. The lowest BCUT2D eigenvalue weighted by atomic mass is 10.6. The summed E-state index contributed by atoms with van der Waals surface area (Å²) in [6.07, 6.45) is 3.19. The van der Waals surface area contributed by atoms with Gasteiger partial charge in [0.25, 0.3) is 0 Å². The Morgan fingerprint density at radius 2 is 1.14 bits per heavy atom. The normalized spacial score (nSPS) is 11.6. The zero-order valence-corrected chi connectivity index (χ0v) is 9.69. The summed E-state index contributed by atoms with van der Waals surface area (Å²) in [5.74, 6) is 0. The molecular weight excluding hydrogens is 180 g/mol. The fourth-order valence-corrected chi connectivity index (χ4v) is 0.685. The molecule has 0 saturated carbocycles. The summed E-state index contributed by atoms with van der Waals surface area (Å²) in [6.45, 7) is 3.23. The van der Waals surface area contributed by atoms with Gasteiger partial charge in [-0.2, -0.15) is 0 Å². The molecule has 0 fully saturated rings. The van der Waals surface area contributed by atoms with Gasteiger partial charge in [0.15, 0.2) is 0 Å². The molecule has 0 aliphatic rings. The smallest absolute Gasteiger partial charge is 0.117 e. The highest BCUT2D eigenvalue weighted by molar-refractivity contribution is 4.61. The molecule has 0 atom stereocenters. The topological polar surface area (TPSA) is 24.9 Å². The van der Waals surface area contributed by atoms with Gasteiger partial charge in [0, 0.05) is 13.1 Å². The number of rotatable bonds is 8. The molecule has 0 N–H and O–H groups in total. The maximum atomic E-state index is 5.19. The number of ether oxygens (including phenoxy) is 2. The SMILES string of the molecule is CN(C)CCOC=COCCN(C)C. The van der Waals surface area contributed by atoms with Gasteiger partial charge in [0.05, 0.1) is 0 Å². The van der Waals surface area contributed by atoms with E-state index in [1.807, 2.05) is 28.2 Å². The second kappa shape index (κ2) is 8.84. The molecule has 0 spiro atoms. The minimum Gasteiger partial charge on any atom is -0.497 e. The van der Waals surface area contributed by atoms with E-state index in [-0.39, 0.29) is 0 Å². The molecular formula is C10H22N2O2. The fraction of sp³-hybridized carbons (Fsp3) is 0.800. The lowest BCUT2D eigenvalue weighted by molar-refractivity contribution is 0.176. The summed E-state index contributed by atoms with van der Waals surface area (Å²) >= 11 is 0. The third kappa shape index (κ3) is 11.3. The van der Waals surface area contributed by atoms with Gasteiger partial charge in [0.2, 0.25) is 0 Å². The van der Waals surface area contributed by atoms with E-state index in [1.165, 1.54) is 0 Å². The molecule has 0 unspecified atom stereocenters. The second-order valence-corrected chi connectivity index (χ2v) is 3.62. The fourth-order valence-electron chi connectivity index (χ4n) is 0.685. The Kier molecular flexibility index (Phi) is 8.37. The molecule has 14 heavy (non-hydrogen) atoms. The Morgan fingerprint density at radius 3 is 1.43 bits per heavy atom. The van der Waals surface area contributed by atoms with Crippen LogP contribution in [0.1, 0.15) is 0 Å². The largest absolute Gasteiger partial charge is 0.497 e. The molecule has 0 aromatic rings. The van der Waals surface area contributed by atoms with Gasteiger partial charge in [-0.3, -0.25) is 0 Å². The first kappa shape index (κ1) is 13.3. The zero-order valence-electron chi connectivity index (χ0n) is 9.69. The van der Waals surface area contributed by atoms with Crippen molar-refractivity contribution in [1.82, 2.24) is 9.80 Å². The van der Waals surface area contributed by atoms with Crippen molar-refractivity contribution in [1.29, 1.82) is 0 Å². The third-order valence-corrected chi connectivity index (χ3v) is 1.56. The average molecular weight is 202 g/mol.